The summed E-state index contributed by atoms with van der Waals surface area (Å²) in [6.07, 6.45) is 15.0. The number of aliphatic carboxylic acids is 2. The first-order valence-electron chi connectivity index (χ1n) is 16.7. The van der Waals surface area contributed by atoms with Crippen molar-refractivity contribution in [3.8, 4) is 0 Å². The molecule has 3 saturated carbocycles. The first-order chi connectivity index (χ1) is 19.8. The van der Waals surface area contributed by atoms with E-state index in [0.29, 0.717) is 11.3 Å². The number of fused-ring (bicyclic) bond motifs is 5. The SMILES string of the molecule is CCC(CCC(C)C1CCC2C3CC=C4CC(OC(=O)CSC(CC(=O)O)C(=O)O)CCC4(C)C3CCC12C)C(C)C. The maximum atomic E-state index is 12.6. The molecule has 0 radical (unpaired) electrons. The zero-order valence-electron chi connectivity index (χ0n) is 26.9. The van der Waals surface area contributed by atoms with Gasteiger partial charge in [-0.25, -0.2) is 0 Å². The van der Waals surface area contributed by atoms with Crippen LogP contribution in [0.5, 0.6) is 0 Å². The summed E-state index contributed by atoms with van der Waals surface area (Å²) in [5.41, 5.74) is 2.09. The number of esters is 1. The molecule has 0 bridgehead atoms. The van der Waals surface area contributed by atoms with Crippen LogP contribution >= 0.6 is 11.8 Å². The zero-order chi connectivity index (χ0) is 30.8. The van der Waals surface area contributed by atoms with E-state index < -0.39 is 29.6 Å². The number of carboxylic acid groups (broad SMARTS) is 2. The molecule has 3 fully saturated rings. The Morgan fingerprint density at radius 1 is 1.02 bits per heavy atom. The number of allylic oxidation sites excluding steroid dienone is 1. The van der Waals surface area contributed by atoms with Crippen molar-refractivity contribution in [1.29, 1.82) is 0 Å². The van der Waals surface area contributed by atoms with Crippen LogP contribution in [0.25, 0.3) is 0 Å². The molecule has 0 spiro atoms. The number of carboxylic acids is 2. The molecule has 0 aromatic carbocycles. The van der Waals surface area contributed by atoms with Crippen LogP contribution in [0, 0.1) is 52.3 Å². The van der Waals surface area contributed by atoms with E-state index in [-0.39, 0.29) is 17.3 Å². The van der Waals surface area contributed by atoms with Gasteiger partial charge in [-0.15, -0.1) is 11.8 Å². The lowest BCUT2D eigenvalue weighted by Crippen LogP contribution is -2.51. The minimum absolute atomic E-state index is 0.141. The normalized spacial score (nSPS) is 36.2. The standard InChI is InChI=1S/C35H56O6S/c1-7-23(21(2)3)9-8-22(4)27-12-13-28-26-11-10-24-18-25(14-16-34(24,5)29(26)15-17-35(27,28)6)41-32(38)20-42-30(33(39)40)19-31(36)37/h10,21-23,25-30H,7-9,11-20H2,1-6H3,(H,36,37)(H,39,40). The molecule has 4 rings (SSSR count). The molecule has 0 heterocycles. The van der Waals surface area contributed by atoms with Crippen molar-refractivity contribution in [2.45, 2.75) is 130 Å². The topological polar surface area (TPSA) is 101 Å². The van der Waals surface area contributed by atoms with Crippen LogP contribution in [0.4, 0.5) is 0 Å². The van der Waals surface area contributed by atoms with Gasteiger partial charge in [-0.3, -0.25) is 14.4 Å². The van der Waals surface area contributed by atoms with Crippen LogP contribution in [0.15, 0.2) is 11.6 Å². The van der Waals surface area contributed by atoms with E-state index in [4.69, 9.17) is 9.84 Å². The second-order valence-electron chi connectivity index (χ2n) is 15.0. The van der Waals surface area contributed by atoms with Gasteiger partial charge in [-0.1, -0.05) is 66.0 Å². The van der Waals surface area contributed by atoms with Crippen LogP contribution in [0.1, 0.15) is 119 Å². The third kappa shape index (κ3) is 6.91. The third-order valence-electron chi connectivity index (χ3n) is 12.6. The largest absolute Gasteiger partial charge is 0.481 e. The van der Waals surface area contributed by atoms with Crippen molar-refractivity contribution in [3.05, 3.63) is 11.6 Å². The first kappa shape index (κ1) is 33.4. The van der Waals surface area contributed by atoms with Gasteiger partial charge in [0, 0.05) is 6.42 Å². The van der Waals surface area contributed by atoms with Crippen molar-refractivity contribution in [1.82, 2.24) is 0 Å². The summed E-state index contributed by atoms with van der Waals surface area (Å²) in [5.74, 6) is 2.55. The molecule has 0 saturated heterocycles. The van der Waals surface area contributed by atoms with Gasteiger partial charge in [0.2, 0.25) is 0 Å². The van der Waals surface area contributed by atoms with Crippen molar-refractivity contribution < 1.29 is 29.3 Å². The summed E-state index contributed by atoms with van der Waals surface area (Å²) in [7, 11) is 0. The Kier molecular flexibility index (Phi) is 10.9. The number of carbonyl (C=O) groups is 3. The fraction of sp³-hybridized carbons (Fsp3) is 0.857. The lowest BCUT2D eigenvalue weighted by molar-refractivity contribution is -0.148. The highest BCUT2D eigenvalue weighted by Gasteiger charge is 2.59. The second-order valence-corrected chi connectivity index (χ2v) is 16.2. The molecular weight excluding hydrogens is 548 g/mol. The molecule has 10 atom stereocenters. The predicted octanol–water partition coefficient (Wildman–Crippen LogP) is 8.24. The summed E-state index contributed by atoms with van der Waals surface area (Å²) in [4.78, 5) is 34.8. The van der Waals surface area contributed by atoms with Crippen LogP contribution in [0.2, 0.25) is 0 Å². The number of hydrogen-bond acceptors (Lipinski definition) is 5. The average molecular weight is 605 g/mol. The number of rotatable bonds is 13. The second kappa shape index (κ2) is 13.6. The van der Waals surface area contributed by atoms with Crippen LogP contribution < -0.4 is 0 Å². The van der Waals surface area contributed by atoms with Gasteiger partial charge in [-0.05, 0) is 104 Å². The molecule has 42 heavy (non-hydrogen) atoms. The maximum absolute atomic E-state index is 12.6. The van der Waals surface area contributed by atoms with E-state index in [1.807, 2.05) is 0 Å². The molecule has 4 aliphatic rings. The number of carbonyl (C=O) groups excluding carboxylic acids is 1. The zero-order valence-corrected chi connectivity index (χ0v) is 27.7. The number of thioether (sulfide) groups is 1. The third-order valence-corrected chi connectivity index (χ3v) is 13.8. The van der Waals surface area contributed by atoms with Crippen LogP contribution in [-0.4, -0.2) is 45.2 Å². The lowest BCUT2D eigenvalue weighted by atomic mass is 9.47. The molecular formula is C35H56O6S. The van der Waals surface area contributed by atoms with Gasteiger partial charge in [0.05, 0.1) is 12.2 Å². The monoisotopic (exact) mass is 604 g/mol. The Hall–Kier alpha value is -1.50. The summed E-state index contributed by atoms with van der Waals surface area (Å²) >= 11 is 0.839. The van der Waals surface area contributed by atoms with Crippen molar-refractivity contribution in [2.75, 3.05) is 5.75 Å². The lowest BCUT2D eigenvalue weighted by Gasteiger charge is -2.58. The molecule has 0 aliphatic heterocycles. The van der Waals surface area contributed by atoms with Gasteiger partial charge in [-0.2, -0.15) is 0 Å². The molecule has 0 aromatic heterocycles. The molecule has 0 aromatic rings. The van der Waals surface area contributed by atoms with E-state index >= 15 is 0 Å². The Bertz CT molecular complexity index is 1020. The minimum atomic E-state index is -1.21. The molecule has 0 amide bonds. The van der Waals surface area contributed by atoms with Crippen molar-refractivity contribution >= 4 is 29.7 Å². The van der Waals surface area contributed by atoms with E-state index in [1.165, 1.54) is 50.5 Å². The highest BCUT2D eigenvalue weighted by Crippen LogP contribution is 2.67. The Morgan fingerprint density at radius 3 is 2.40 bits per heavy atom. The van der Waals surface area contributed by atoms with E-state index in [1.54, 1.807) is 0 Å². The van der Waals surface area contributed by atoms with Crippen LogP contribution in [0.3, 0.4) is 0 Å². The predicted molar refractivity (Wildman–Crippen MR) is 168 cm³/mol. The quantitative estimate of drug-likeness (QED) is 0.161. The maximum Gasteiger partial charge on any atom is 0.317 e. The van der Waals surface area contributed by atoms with Crippen molar-refractivity contribution in [2.24, 2.45) is 52.3 Å². The minimum Gasteiger partial charge on any atom is -0.481 e. The Balaban J connectivity index is 1.35. The summed E-state index contributed by atoms with van der Waals surface area (Å²) in [5, 5.41) is 17.0. The molecule has 6 nitrogen and oxygen atoms in total. The van der Waals surface area contributed by atoms with Gasteiger partial charge in [0.1, 0.15) is 11.4 Å². The number of ether oxygens (including phenoxy) is 1. The van der Waals surface area contributed by atoms with E-state index in [2.05, 4.69) is 47.6 Å². The van der Waals surface area contributed by atoms with Gasteiger partial charge in [0.25, 0.3) is 0 Å². The Labute approximate surface area is 258 Å². The van der Waals surface area contributed by atoms with Gasteiger partial charge >= 0.3 is 17.9 Å². The van der Waals surface area contributed by atoms with Crippen LogP contribution in [-0.2, 0) is 19.1 Å². The number of hydrogen-bond donors (Lipinski definition) is 2. The average Bonchev–Trinajstić information content (AvgIpc) is 3.28. The van der Waals surface area contributed by atoms with E-state index in [9.17, 15) is 19.5 Å². The molecule has 238 valence electrons. The Morgan fingerprint density at radius 2 is 1.76 bits per heavy atom. The summed E-state index contributed by atoms with van der Waals surface area (Å²) < 4.78 is 5.80. The highest BCUT2D eigenvalue weighted by atomic mass is 32.2. The van der Waals surface area contributed by atoms with Crippen molar-refractivity contribution in [3.63, 3.8) is 0 Å². The van der Waals surface area contributed by atoms with E-state index in [0.717, 1.165) is 73.0 Å². The fourth-order valence-corrected chi connectivity index (χ4v) is 11.0. The molecule has 2 N–H and O–H groups in total. The highest BCUT2D eigenvalue weighted by molar-refractivity contribution is 8.01. The summed E-state index contributed by atoms with van der Waals surface area (Å²) in [6, 6.07) is 0. The molecule has 10 unspecified atom stereocenters. The van der Waals surface area contributed by atoms with Gasteiger partial charge in [0.15, 0.2) is 0 Å². The molecule has 4 aliphatic carbocycles. The first-order valence-corrected chi connectivity index (χ1v) is 17.8. The van der Waals surface area contributed by atoms with Gasteiger partial charge < -0.3 is 14.9 Å². The smallest absolute Gasteiger partial charge is 0.317 e. The molecule has 7 heteroatoms. The summed E-state index contributed by atoms with van der Waals surface area (Å²) in [6.45, 7) is 14.8. The fourth-order valence-electron chi connectivity index (χ4n) is 10.2.